The first-order valence-corrected chi connectivity index (χ1v) is 9.90. The van der Waals surface area contributed by atoms with E-state index in [1.54, 1.807) is 13.0 Å². The van der Waals surface area contributed by atoms with E-state index in [0.717, 1.165) is 5.56 Å². The minimum atomic E-state index is -4.28. The molecule has 0 radical (unpaired) electrons. The third-order valence-corrected chi connectivity index (χ3v) is 5.22. The van der Waals surface area contributed by atoms with Crippen LogP contribution in [0.4, 0.5) is 5.69 Å². The van der Waals surface area contributed by atoms with Gasteiger partial charge in [-0.1, -0.05) is 38.1 Å². The van der Waals surface area contributed by atoms with Gasteiger partial charge < -0.3 is 0 Å². The molecule has 0 atom stereocenters. The Morgan fingerprint density at radius 2 is 1.63 bits per heavy atom. The number of carbonyl (C=O) groups is 1. The molecule has 2 aromatic carbocycles. The lowest BCUT2D eigenvalue weighted by atomic mass is 10.0. The monoisotopic (exact) mass is 384 g/mol. The molecular formula is C20H20N2O4S. The highest BCUT2D eigenvalue weighted by molar-refractivity contribution is 7.85. The Balaban J connectivity index is 1.87. The normalized spacial score (nSPS) is 16.3. The fraction of sp³-hybridized carbons (Fsp3) is 0.200. The number of amides is 1. The minimum absolute atomic E-state index is 0.236. The lowest BCUT2D eigenvalue weighted by Gasteiger charge is -2.12. The molecule has 0 saturated carbocycles. The first kappa shape index (κ1) is 19.0. The molecule has 0 fully saturated rings. The van der Waals surface area contributed by atoms with Gasteiger partial charge in [-0.25, -0.2) is 0 Å². The number of hydrazone groups is 1. The summed E-state index contributed by atoms with van der Waals surface area (Å²) < 4.78 is 31.3. The van der Waals surface area contributed by atoms with Crippen LogP contribution < -0.4 is 5.01 Å². The maximum atomic E-state index is 12.8. The fourth-order valence-corrected chi connectivity index (χ4v) is 3.24. The summed E-state index contributed by atoms with van der Waals surface area (Å²) in [6.45, 7) is 5.99. The topological polar surface area (TPSA) is 87.0 Å². The Kier molecular flexibility index (Phi) is 4.99. The summed E-state index contributed by atoms with van der Waals surface area (Å²) >= 11 is 0. The van der Waals surface area contributed by atoms with Crippen molar-refractivity contribution < 1.29 is 17.8 Å². The first-order chi connectivity index (χ1) is 12.7. The first-order valence-electron chi connectivity index (χ1n) is 8.46. The number of hydrogen-bond acceptors (Lipinski definition) is 4. The highest BCUT2D eigenvalue weighted by atomic mass is 32.2. The van der Waals surface area contributed by atoms with E-state index in [1.807, 2.05) is 24.3 Å². The molecule has 1 aliphatic rings. The summed E-state index contributed by atoms with van der Waals surface area (Å²) in [5, 5.41) is 5.49. The second-order valence-electron chi connectivity index (χ2n) is 6.65. The molecular weight excluding hydrogens is 364 g/mol. The lowest BCUT2D eigenvalue weighted by Crippen LogP contribution is -2.21. The Hall–Kier alpha value is -2.77. The SMILES string of the molecule is CC1=NN(c2ccc(S(=O)(=O)O)cc2)C(=O)C1=Cc1ccc(C(C)C)cc1. The molecule has 1 heterocycles. The molecule has 0 aromatic heterocycles. The molecule has 6 nitrogen and oxygen atoms in total. The van der Waals surface area contributed by atoms with Gasteiger partial charge in [-0.2, -0.15) is 18.5 Å². The fourth-order valence-electron chi connectivity index (χ4n) is 2.76. The van der Waals surface area contributed by atoms with Crippen LogP contribution in [0.1, 0.15) is 37.8 Å². The van der Waals surface area contributed by atoms with E-state index in [0.29, 0.717) is 22.9 Å². The summed E-state index contributed by atoms with van der Waals surface area (Å²) in [7, 11) is -4.28. The van der Waals surface area contributed by atoms with Gasteiger partial charge in [0.05, 0.1) is 21.9 Å². The summed E-state index contributed by atoms with van der Waals surface area (Å²) in [5.74, 6) is 0.143. The van der Waals surface area contributed by atoms with E-state index in [1.165, 1.54) is 34.8 Å². The summed E-state index contributed by atoms with van der Waals surface area (Å²) in [4.78, 5) is 12.5. The molecule has 0 bridgehead atoms. The van der Waals surface area contributed by atoms with Crippen molar-refractivity contribution in [2.45, 2.75) is 31.6 Å². The van der Waals surface area contributed by atoms with Gasteiger partial charge in [0.15, 0.2) is 0 Å². The van der Waals surface area contributed by atoms with Crippen LogP contribution in [-0.4, -0.2) is 24.6 Å². The molecule has 0 spiro atoms. The van der Waals surface area contributed by atoms with Crippen LogP contribution in [0.5, 0.6) is 0 Å². The molecule has 1 amide bonds. The van der Waals surface area contributed by atoms with Gasteiger partial charge in [0.2, 0.25) is 0 Å². The molecule has 0 saturated heterocycles. The van der Waals surface area contributed by atoms with Gasteiger partial charge in [-0.05, 0) is 54.3 Å². The minimum Gasteiger partial charge on any atom is -0.282 e. The van der Waals surface area contributed by atoms with Crippen molar-refractivity contribution in [1.82, 2.24) is 0 Å². The number of anilines is 1. The molecule has 27 heavy (non-hydrogen) atoms. The average molecular weight is 384 g/mol. The Labute approximate surface area is 158 Å². The van der Waals surface area contributed by atoms with Crippen molar-refractivity contribution >= 4 is 33.5 Å². The highest BCUT2D eigenvalue weighted by Gasteiger charge is 2.28. The quantitative estimate of drug-likeness (QED) is 0.640. The zero-order chi connectivity index (χ0) is 19.8. The zero-order valence-corrected chi connectivity index (χ0v) is 16.1. The standard InChI is InChI=1S/C20H20N2O4S/c1-13(2)16-6-4-15(5-7-16)12-19-14(3)21-22(20(19)23)17-8-10-18(11-9-17)27(24,25)26/h4-13H,1-3H3,(H,24,25,26). The van der Waals surface area contributed by atoms with Crippen LogP contribution in [0, 0.1) is 0 Å². The molecule has 7 heteroatoms. The van der Waals surface area contributed by atoms with Gasteiger partial charge in [-0.15, -0.1) is 0 Å². The lowest BCUT2D eigenvalue weighted by molar-refractivity contribution is -0.114. The summed E-state index contributed by atoms with van der Waals surface area (Å²) in [6, 6.07) is 13.3. The second-order valence-corrected chi connectivity index (χ2v) is 8.07. The maximum absolute atomic E-state index is 12.8. The number of benzene rings is 2. The molecule has 1 N–H and O–H groups in total. The van der Waals surface area contributed by atoms with Gasteiger partial charge in [0.1, 0.15) is 0 Å². The van der Waals surface area contributed by atoms with E-state index in [9.17, 15) is 13.2 Å². The van der Waals surface area contributed by atoms with E-state index >= 15 is 0 Å². The zero-order valence-electron chi connectivity index (χ0n) is 15.2. The second kappa shape index (κ2) is 7.09. The molecule has 1 aliphatic heterocycles. The molecule has 3 rings (SSSR count). The van der Waals surface area contributed by atoms with Crippen LogP contribution >= 0.6 is 0 Å². The largest absolute Gasteiger partial charge is 0.294 e. The molecule has 2 aromatic rings. The van der Waals surface area contributed by atoms with Crippen LogP contribution in [0.25, 0.3) is 6.08 Å². The van der Waals surface area contributed by atoms with Crippen molar-refractivity contribution in [3.63, 3.8) is 0 Å². The van der Waals surface area contributed by atoms with Crippen LogP contribution in [0.2, 0.25) is 0 Å². The van der Waals surface area contributed by atoms with Crippen LogP contribution in [0.3, 0.4) is 0 Å². The van der Waals surface area contributed by atoms with E-state index < -0.39 is 10.1 Å². The molecule has 140 valence electrons. The number of carbonyl (C=O) groups excluding carboxylic acids is 1. The smallest absolute Gasteiger partial charge is 0.282 e. The predicted octanol–water partition coefficient (Wildman–Crippen LogP) is 3.86. The van der Waals surface area contributed by atoms with E-state index in [2.05, 4.69) is 18.9 Å². The third kappa shape index (κ3) is 3.99. The average Bonchev–Trinajstić information content (AvgIpc) is 2.90. The maximum Gasteiger partial charge on any atom is 0.294 e. The van der Waals surface area contributed by atoms with Gasteiger partial charge in [-0.3, -0.25) is 9.35 Å². The van der Waals surface area contributed by atoms with Crippen molar-refractivity contribution in [1.29, 1.82) is 0 Å². The van der Waals surface area contributed by atoms with Gasteiger partial charge >= 0.3 is 0 Å². The van der Waals surface area contributed by atoms with Crippen molar-refractivity contribution in [2.75, 3.05) is 5.01 Å². The van der Waals surface area contributed by atoms with Crippen molar-refractivity contribution in [3.8, 4) is 0 Å². The van der Waals surface area contributed by atoms with E-state index in [-0.39, 0.29) is 10.8 Å². The number of rotatable bonds is 4. The number of hydrogen-bond donors (Lipinski definition) is 1. The summed E-state index contributed by atoms with van der Waals surface area (Å²) in [5.41, 5.74) is 3.60. The third-order valence-electron chi connectivity index (χ3n) is 4.36. The van der Waals surface area contributed by atoms with Crippen LogP contribution in [0.15, 0.2) is 64.1 Å². The highest BCUT2D eigenvalue weighted by Crippen LogP contribution is 2.26. The Morgan fingerprint density at radius 3 is 2.15 bits per heavy atom. The molecule has 0 aliphatic carbocycles. The Morgan fingerprint density at radius 1 is 1.04 bits per heavy atom. The van der Waals surface area contributed by atoms with Gasteiger partial charge in [0, 0.05) is 0 Å². The molecule has 0 unspecified atom stereocenters. The van der Waals surface area contributed by atoms with E-state index in [4.69, 9.17) is 4.55 Å². The number of nitrogens with zero attached hydrogens (tertiary/aromatic N) is 2. The predicted molar refractivity (Wildman–Crippen MR) is 105 cm³/mol. The van der Waals surface area contributed by atoms with Crippen molar-refractivity contribution in [2.24, 2.45) is 5.10 Å². The Bertz CT molecular complexity index is 1030. The summed E-state index contributed by atoms with van der Waals surface area (Å²) in [6.07, 6.45) is 1.79. The van der Waals surface area contributed by atoms with Crippen molar-refractivity contribution in [3.05, 3.63) is 65.2 Å². The van der Waals surface area contributed by atoms with Crippen LogP contribution in [-0.2, 0) is 14.9 Å². The van der Waals surface area contributed by atoms with Gasteiger partial charge in [0.25, 0.3) is 16.0 Å².